The first-order valence-electron chi connectivity index (χ1n) is 8.20. The van der Waals surface area contributed by atoms with Crippen LogP contribution >= 0.6 is 0 Å². The summed E-state index contributed by atoms with van der Waals surface area (Å²) in [6, 6.07) is 2.68. The van der Waals surface area contributed by atoms with E-state index >= 15 is 0 Å². The van der Waals surface area contributed by atoms with E-state index in [0.29, 0.717) is 24.6 Å². The number of benzene rings is 1. The van der Waals surface area contributed by atoms with Crippen LogP contribution in [0, 0.1) is 0 Å². The topological polar surface area (TPSA) is 49.6 Å². The van der Waals surface area contributed by atoms with Gasteiger partial charge in [-0.05, 0) is 19.2 Å². The lowest BCUT2D eigenvalue weighted by molar-refractivity contribution is -0.289. The maximum atomic E-state index is 13.7. The summed E-state index contributed by atoms with van der Waals surface area (Å²) in [6.07, 6.45) is -4.46. The molecule has 0 unspecified atom stereocenters. The van der Waals surface area contributed by atoms with Gasteiger partial charge in [-0.1, -0.05) is 6.07 Å². The molecule has 0 saturated carbocycles. The first-order chi connectivity index (χ1) is 12.7. The second kappa shape index (κ2) is 5.98. The Morgan fingerprint density at radius 1 is 1.00 bits per heavy atom. The average molecular weight is 386 g/mol. The Morgan fingerprint density at radius 2 is 1.70 bits per heavy atom. The first-order valence-corrected chi connectivity index (χ1v) is 8.20. The van der Waals surface area contributed by atoms with E-state index in [9.17, 15) is 22.0 Å². The molecule has 2 aromatic heterocycles. The SMILES string of the molecule is CN1CCN(c2nc3ccc(C(F)(F)C(F)(F)F)cc3n3ncnc23)CC1. The molecule has 144 valence electrons. The van der Waals surface area contributed by atoms with E-state index in [4.69, 9.17) is 0 Å². The van der Waals surface area contributed by atoms with Crippen molar-refractivity contribution >= 4 is 22.5 Å². The minimum Gasteiger partial charge on any atom is -0.351 e. The fraction of sp³-hybridized carbons (Fsp3) is 0.438. The smallest absolute Gasteiger partial charge is 0.351 e. The lowest BCUT2D eigenvalue weighted by Gasteiger charge is -2.33. The molecule has 3 heterocycles. The highest BCUT2D eigenvalue weighted by atomic mass is 19.4. The Bertz CT molecular complexity index is 990. The molecular formula is C16H15F5N6. The van der Waals surface area contributed by atoms with Crippen LogP contribution in [0.1, 0.15) is 5.56 Å². The maximum absolute atomic E-state index is 13.7. The Labute approximate surface area is 150 Å². The standard InChI is InChI=1S/C16H15F5N6/c1-25-4-6-26(7-5-25)14-13-22-9-23-27(13)12-8-10(2-3-11(12)24-14)15(17,18)16(19,20)21/h2-3,8-9H,4-7H2,1H3. The summed E-state index contributed by atoms with van der Waals surface area (Å²) >= 11 is 0. The van der Waals surface area contributed by atoms with Gasteiger partial charge in [0.15, 0.2) is 11.5 Å². The molecule has 1 aromatic carbocycles. The van der Waals surface area contributed by atoms with E-state index in [1.165, 1.54) is 10.8 Å². The van der Waals surface area contributed by atoms with Crippen LogP contribution in [-0.4, -0.2) is 63.9 Å². The molecule has 0 radical (unpaired) electrons. The third kappa shape index (κ3) is 2.85. The largest absolute Gasteiger partial charge is 0.458 e. The molecule has 0 N–H and O–H groups in total. The van der Waals surface area contributed by atoms with Crippen LogP contribution in [0.25, 0.3) is 16.7 Å². The number of hydrogen-bond donors (Lipinski definition) is 0. The molecule has 4 rings (SSSR count). The first kappa shape index (κ1) is 17.8. The van der Waals surface area contributed by atoms with Crippen molar-refractivity contribution in [1.29, 1.82) is 0 Å². The van der Waals surface area contributed by atoms with Crippen molar-refractivity contribution in [2.75, 3.05) is 38.1 Å². The van der Waals surface area contributed by atoms with Gasteiger partial charge in [-0.25, -0.2) is 14.5 Å². The van der Waals surface area contributed by atoms with Crippen LogP contribution in [-0.2, 0) is 5.92 Å². The molecule has 6 nitrogen and oxygen atoms in total. The normalized spacial score (nSPS) is 17.2. The van der Waals surface area contributed by atoms with Gasteiger partial charge in [-0.3, -0.25) is 0 Å². The van der Waals surface area contributed by atoms with Gasteiger partial charge in [0.2, 0.25) is 0 Å². The molecule has 0 atom stereocenters. The second-order valence-corrected chi connectivity index (χ2v) is 6.50. The van der Waals surface area contributed by atoms with Gasteiger partial charge in [0.1, 0.15) is 6.33 Å². The Hall–Kier alpha value is -2.56. The number of halogens is 5. The minimum absolute atomic E-state index is 0.0433. The molecule has 1 aliphatic rings. The van der Waals surface area contributed by atoms with Gasteiger partial charge in [-0.2, -0.15) is 27.1 Å². The van der Waals surface area contributed by atoms with E-state index in [1.54, 1.807) is 0 Å². The highest BCUT2D eigenvalue weighted by molar-refractivity contribution is 5.83. The van der Waals surface area contributed by atoms with Gasteiger partial charge in [0, 0.05) is 31.7 Å². The van der Waals surface area contributed by atoms with Gasteiger partial charge in [0.25, 0.3) is 0 Å². The van der Waals surface area contributed by atoms with Crippen molar-refractivity contribution in [1.82, 2.24) is 24.5 Å². The summed E-state index contributed by atoms with van der Waals surface area (Å²) in [7, 11) is 2.00. The minimum atomic E-state index is -5.69. The summed E-state index contributed by atoms with van der Waals surface area (Å²) < 4.78 is 66.8. The molecule has 0 aliphatic carbocycles. The van der Waals surface area contributed by atoms with E-state index in [0.717, 1.165) is 31.3 Å². The van der Waals surface area contributed by atoms with Crippen LogP contribution in [0.2, 0.25) is 0 Å². The van der Waals surface area contributed by atoms with Gasteiger partial charge in [0.05, 0.1) is 11.0 Å². The van der Waals surface area contributed by atoms with E-state index in [1.807, 2.05) is 11.9 Å². The zero-order valence-electron chi connectivity index (χ0n) is 14.2. The number of aromatic nitrogens is 4. The van der Waals surface area contributed by atoms with Gasteiger partial charge in [-0.15, -0.1) is 0 Å². The van der Waals surface area contributed by atoms with E-state index in [2.05, 4.69) is 20.0 Å². The molecule has 0 bridgehead atoms. The van der Waals surface area contributed by atoms with E-state index < -0.39 is 17.7 Å². The number of piperazine rings is 1. The second-order valence-electron chi connectivity index (χ2n) is 6.50. The molecule has 1 aliphatic heterocycles. The number of hydrogen-bond acceptors (Lipinski definition) is 5. The molecule has 0 spiro atoms. The number of nitrogens with zero attached hydrogens (tertiary/aromatic N) is 6. The summed E-state index contributed by atoms with van der Waals surface area (Å²) in [5.41, 5.74) is -0.529. The number of rotatable bonds is 2. The van der Waals surface area contributed by atoms with Crippen molar-refractivity contribution in [2.45, 2.75) is 12.1 Å². The fourth-order valence-electron chi connectivity index (χ4n) is 3.11. The molecule has 3 aromatic rings. The van der Waals surface area contributed by atoms with Crippen LogP contribution in [0.3, 0.4) is 0 Å². The highest BCUT2D eigenvalue weighted by Gasteiger charge is 2.58. The number of alkyl halides is 5. The molecule has 27 heavy (non-hydrogen) atoms. The number of likely N-dealkylation sites (N-methyl/N-ethyl adjacent to an activating group) is 1. The monoisotopic (exact) mass is 386 g/mol. The highest BCUT2D eigenvalue weighted by Crippen LogP contribution is 2.44. The van der Waals surface area contributed by atoms with Gasteiger partial charge >= 0.3 is 12.1 Å². The molecule has 0 amide bonds. The summed E-state index contributed by atoms with van der Waals surface area (Å²) in [5.74, 6) is -4.44. The fourth-order valence-corrected chi connectivity index (χ4v) is 3.11. The lowest BCUT2D eigenvalue weighted by atomic mass is 10.1. The summed E-state index contributed by atoms with van der Waals surface area (Å²) in [5, 5.41) is 4.00. The van der Waals surface area contributed by atoms with Crippen LogP contribution < -0.4 is 4.90 Å². The molecule has 11 heteroatoms. The van der Waals surface area contributed by atoms with Gasteiger partial charge < -0.3 is 9.80 Å². The number of fused-ring (bicyclic) bond motifs is 3. The van der Waals surface area contributed by atoms with Crippen molar-refractivity contribution in [3.8, 4) is 0 Å². The van der Waals surface area contributed by atoms with Crippen LogP contribution in [0.4, 0.5) is 27.8 Å². The Kier molecular flexibility index (Phi) is 3.95. The van der Waals surface area contributed by atoms with Crippen molar-refractivity contribution in [3.05, 3.63) is 30.1 Å². The van der Waals surface area contributed by atoms with Crippen molar-refractivity contribution in [2.24, 2.45) is 0 Å². The Balaban J connectivity index is 1.86. The third-order valence-corrected chi connectivity index (χ3v) is 4.70. The zero-order chi connectivity index (χ0) is 19.4. The maximum Gasteiger partial charge on any atom is 0.458 e. The molecular weight excluding hydrogens is 371 g/mol. The predicted molar refractivity (Wildman–Crippen MR) is 87.9 cm³/mol. The summed E-state index contributed by atoms with van der Waals surface area (Å²) in [6.45, 7) is 3.02. The quantitative estimate of drug-likeness (QED) is 0.634. The predicted octanol–water partition coefficient (Wildman–Crippen LogP) is 2.68. The van der Waals surface area contributed by atoms with Crippen molar-refractivity contribution < 1.29 is 22.0 Å². The van der Waals surface area contributed by atoms with Crippen LogP contribution in [0.5, 0.6) is 0 Å². The Morgan fingerprint density at radius 3 is 2.37 bits per heavy atom. The molecule has 1 saturated heterocycles. The number of anilines is 1. The lowest BCUT2D eigenvalue weighted by Crippen LogP contribution is -2.45. The van der Waals surface area contributed by atoms with Crippen LogP contribution in [0.15, 0.2) is 24.5 Å². The average Bonchev–Trinajstić information content (AvgIpc) is 3.10. The van der Waals surface area contributed by atoms with Crippen molar-refractivity contribution in [3.63, 3.8) is 0 Å². The third-order valence-electron chi connectivity index (χ3n) is 4.70. The molecule has 1 fully saturated rings. The summed E-state index contributed by atoms with van der Waals surface area (Å²) in [4.78, 5) is 12.8. The zero-order valence-corrected chi connectivity index (χ0v) is 14.2. The van der Waals surface area contributed by atoms with E-state index in [-0.39, 0.29) is 11.0 Å².